The van der Waals surface area contributed by atoms with Crippen molar-refractivity contribution in [2.24, 2.45) is 11.8 Å². The number of esters is 2. The zero-order chi connectivity index (χ0) is 77.8. The Hall–Kier alpha value is -7.97. The van der Waals surface area contributed by atoms with Gasteiger partial charge in [0.15, 0.2) is 0 Å². The first-order valence-corrected chi connectivity index (χ1v) is 40.9. The van der Waals surface area contributed by atoms with Gasteiger partial charge in [-0.1, -0.05) is 171 Å². The summed E-state index contributed by atoms with van der Waals surface area (Å²) >= 11 is 0. The van der Waals surface area contributed by atoms with Gasteiger partial charge < -0.3 is 78.5 Å². The number of likely N-dealkylation sites (N-methyl/N-ethyl adjacent to an activating group) is 4. The van der Waals surface area contributed by atoms with E-state index in [0.717, 1.165) is 19.6 Å². The molecule has 3 heterocycles. The highest BCUT2D eigenvalue weighted by atomic mass is 28.4. The van der Waals surface area contributed by atoms with Gasteiger partial charge in [-0.05, 0) is 81.9 Å². The number of hydrogen-bond donors (Lipinski definition) is 4. The molecule has 3 aliphatic heterocycles. The van der Waals surface area contributed by atoms with E-state index in [1.807, 2.05) is 0 Å². The molecule has 2 aromatic rings. The standard InChI is InChI=1S/C74H118N10O18Si2/c1-45(2)63-71(93)97-43-55(77-73(95)99-41-53-29-23-21-24-30-53)69(91)83-35-27-33-57(101-103(47(5)6,48(7)8)49(9)10)65(83)67(89)76-38-60(86)80(18)40-62(88)82(20)64(46(3)4)72(94)98-44-56(78-74(96)100-42-54-31-25-22-26-32-54)70(92)84-36-28-34-58(102-104(50(11)12,51(13)14)52(15)16)66(84)68(90)75-37-59(85)79(17)39-61(87)81(63)19/h21-26,29-32,45-52,55-58,63-66H,27-28,33-44H2,1-20H3,(H,75,90)(H,76,89)(H,77,95)(H,78,96)/t55-,56-,57+,58+,63+,64+,65+,66+/m1/s1. The maximum absolute atomic E-state index is 15.5. The number of nitrogens with zero attached hydrogens (tertiary/aromatic N) is 6. The van der Waals surface area contributed by atoms with Crippen molar-refractivity contribution in [3.8, 4) is 0 Å². The lowest BCUT2D eigenvalue weighted by atomic mass is 9.97. The van der Waals surface area contributed by atoms with Crippen molar-refractivity contribution in [1.29, 1.82) is 0 Å². The van der Waals surface area contributed by atoms with E-state index in [4.69, 9.17) is 27.8 Å². The van der Waals surface area contributed by atoms with Crippen LogP contribution in [0.4, 0.5) is 9.59 Å². The van der Waals surface area contributed by atoms with Crippen LogP contribution in [0.25, 0.3) is 0 Å². The molecule has 3 fully saturated rings. The monoisotopic (exact) mass is 1490 g/mol. The van der Waals surface area contributed by atoms with Gasteiger partial charge in [0.25, 0.3) is 0 Å². The molecule has 104 heavy (non-hydrogen) atoms. The Morgan fingerprint density at radius 1 is 0.471 bits per heavy atom. The summed E-state index contributed by atoms with van der Waals surface area (Å²) in [5, 5.41) is 10.6. The molecule has 30 heteroatoms. The van der Waals surface area contributed by atoms with Crippen molar-refractivity contribution >= 4 is 88.0 Å². The van der Waals surface area contributed by atoms with Crippen molar-refractivity contribution in [1.82, 2.24) is 50.7 Å². The van der Waals surface area contributed by atoms with Crippen LogP contribution in [0.2, 0.25) is 33.2 Å². The molecule has 580 valence electrons. The second-order valence-electron chi connectivity index (χ2n) is 30.3. The van der Waals surface area contributed by atoms with Gasteiger partial charge in [-0.2, -0.15) is 0 Å². The molecular weight excluding hydrogens is 1370 g/mol. The van der Waals surface area contributed by atoms with E-state index in [-0.39, 0.29) is 59.6 Å². The van der Waals surface area contributed by atoms with Crippen LogP contribution in [-0.4, -0.2) is 247 Å². The number of amides is 10. The SMILES string of the molecule is CC(C)[C@H]1C(=O)OC[C@@H](NC(=O)OCc2ccccc2)C(=O)N2CCC[C@H](O[Si](C(C)C)(C(C)C)C(C)C)[C@H]2C(=O)NCC(=O)N(C)CC(=O)N(C)[C@@H](C(C)C)C(=O)OC[C@@H](NC(=O)OCc2ccccc2)C(=O)N2CCC[C@H](O[Si](C(C)C)(C(C)C)C(C)C)[C@H]2C(=O)NCC(=O)N(C)CC(=O)N1C. The second-order valence-corrected chi connectivity index (χ2v) is 41.1. The van der Waals surface area contributed by atoms with E-state index in [1.165, 1.54) is 38.0 Å². The number of fused-ring (bicyclic) bond motifs is 2. The molecule has 0 spiro atoms. The summed E-state index contributed by atoms with van der Waals surface area (Å²) in [6.07, 6.45) is -2.81. The van der Waals surface area contributed by atoms with Crippen LogP contribution in [-0.2, 0) is 89.0 Å². The number of hydrogen-bond acceptors (Lipinski definition) is 18. The molecule has 4 N–H and O–H groups in total. The summed E-state index contributed by atoms with van der Waals surface area (Å²) in [5.41, 5.74) is 1.31. The lowest BCUT2D eigenvalue weighted by Gasteiger charge is -2.49. The predicted molar refractivity (Wildman–Crippen MR) is 394 cm³/mol. The lowest BCUT2D eigenvalue weighted by molar-refractivity contribution is -0.160. The second kappa shape index (κ2) is 39.4. The number of ether oxygens (including phenoxy) is 4. The lowest BCUT2D eigenvalue weighted by Crippen LogP contribution is -2.65. The fraction of sp³-hybridized carbons (Fsp3) is 0.676. The van der Waals surface area contributed by atoms with Crippen molar-refractivity contribution in [2.45, 2.75) is 231 Å². The molecule has 3 aliphatic rings. The van der Waals surface area contributed by atoms with Gasteiger partial charge >= 0.3 is 24.1 Å². The van der Waals surface area contributed by atoms with E-state index >= 15 is 19.2 Å². The van der Waals surface area contributed by atoms with E-state index in [1.54, 1.807) is 88.4 Å². The van der Waals surface area contributed by atoms with Gasteiger partial charge in [0.2, 0.25) is 63.9 Å². The fourth-order valence-corrected chi connectivity index (χ4v) is 26.5. The minimum atomic E-state index is -2.88. The fourth-order valence-electron chi connectivity index (χ4n) is 15.4. The molecule has 8 atom stereocenters. The molecule has 28 nitrogen and oxygen atoms in total. The van der Waals surface area contributed by atoms with Gasteiger partial charge in [0.05, 0.1) is 38.4 Å². The molecule has 0 unspecified atom stereocenters. The van der Waals surface area contributed by atoms with Crippen LogP contribution in [0.15, 0.2) is 60.7 Å². The minimum Gasteiger partial charge on any atom is -0.461 e. The maximum Gasteiger partial charge on any atom is 0.408 e. The Morgan fingerprint density at radius 2 is 0.779 bits per heavy atom. The van der Waals surface area contributed by atoms with Crippen molar-refractivity contribution in [3.63, 3.8) is 0 Å². The average molecular weight is 1490 g/mol. The third kappa shape index (κ3) is 22.1. The third-order valence-corrected chi connectivity index (χ3v) is 32.8. The highest BCUT2D eigenvalue weighted by Crippen LogP contribution is 2.46. The van der Waals surface area contributed by atoms with Crippen LogP contribution < -0.4 is 21.3 Å². The highest BCUT2D eigenvalue weighted by Gasteiger charge is 2.54. The predicted octanol–water partition coefficient (Wildman–Crippen LogP) is 6.90. The number of benzene rings is 2. The Kier molecular flexibility index (Phi) is 32.8. The Bertz CT molecular complexity index is 3010. The number of piperidine rings is 2. The summed E-state index contributed by atoms with van der Waals surface area (Å²) in [6, 6.07) is 8.44. The van der Waals surface area contributed by atoms with Gasteiger partial charge in [0, 0.05) is 41.3 Å². The third-order valence-electron chi connectivity index (χ3n) is 20.6. The number of alkyl carbamates (subject to hydrolysis) is 2. The van der Waals surface area contributed by atoms with Gasteiger partial charge in [-0.25, -0.2) is 19.2 Å². The summed E-state index contributed by atoms with van der Waals surface area (Å²) in [6.45, 7) is 26.6. The Balaban J connectivity index is 1.62. The van der Waals surface area contributed by atoms with E-state index in [9.17, 15) is 38.4 Å². The molecule has 2 aromatic carbocycles. The number of carbonyl (C=O) groups excluding carboxylic acids is 12. The van der Waals surface area contributed by atoms with Crippen LogP contribution in [0.5, 0.6) is 0 Å². The normalized spacial score (nSPS) is 23.3. The van der Waals surface area contributed by atoms with Crippen molar-refractivity contribution < 1.29 is 85.3 Å². The first-order valence-electron chi connectivity index (χ1n) is 36.6. The van der Waals surface area contributed by atoms with E-state index in [0.29, 0.717) is 36.8 Å². The van der Waals surface area contributed by atoms with Crippen LogP contribution in [0.3, 0.4) is 0 Å². The zero-order valence-electron chi connectivity index (χ0n) is 64.9. The maximum atomic E-state index is 15.5. The Morgan fingerprint density at radius 3 is 1.07 bits per heavy atom. The molecular formula is C74H118N10O18Si2. The molecule has 0 saturated carbocycles. The summed E-state index contributed by atoms with van der Waals surface area (Å²) < 4.78 is 37.7. The zero-order valence-corrected chi connectivity index (χ0v) is 66.9. The van der Waals surface area contributed by atoms with Gasteiger partial charge in [-0.3, -0.25) is 38.4 Å². The number of cyclic esters (lactones) is 2. The van der Waals surface area contributed by atoms with E-state index in [2.05, 4.69) is 104 Å². The summed E-state index contributed by atoms with van der Waals surface area (Å²) in [4.78, 5) is 182. The summed E-state index contributed by atoms with van der Waals surface area (Å²) in [7, 11) is -0.428. The first kappa shape index (κ1) is 86.7. The van der Waals surface area contributed by atoms with Gasteiger partial charge in [0.1, 0.15) is 62.7 Å². The molecule has 5 rings (SSSR count). The highest BCUT2D eigenvalue weighted by molar-refractivity contribution is 6.78. The Labute approximate surface area is 616 Å². The first-order chi connectivity index (χ1) is 48.8. The quantitative estimate of drug-likeness (QED) is 0.0670. The van der Waals surface area contributed by atoms with Crippen LogP contribution in [0.1, 0.15) is 148 Å². The average Bonchev–Trinajstić information content (AvgIpc) is 0.775. The molecule has 3 saturated heterocycles. The molecule has 10 amide bonds. The molecule has 0 radical (unpaired) electrons. The number of rotatable bonds is 18. The molecule has 0 aliphatic carbocycles. The minimum absolute atomic E-state index is 0.0126. The topological polar surface area (TPSA) is 328 Å². The largest absolute Gasteiger partial charge is 0.461 e. The van der Waals surface area contributed by atoms with Gasteiger partial charge in [-0.15, -0.1) is 0 Å². The molecule has 0 bridgehead atoms. The molecule has 0 aromatic heterocycles. The van der Waals surface area contributed by atoms with E-state index < -0.39 is 188 Å². The number of carbonyl (C=O) groups is 12. The smallest absolute Gasteiger partial charge is 0.408 e. The summed E-state index contributed by atoms with van der Waals surface area (Å²) in [5.74, 6) is -9.62. The van der Waals surface area contributed by atoms with Crippen LogP contribution in [0, 0.1) is 11.8 Å². The van der Waals surface area contributed by atoms with Crippen LogP contribution >= 0.6 is 0 Å². The van der Waals surface area contributed by atoms with Crippen molar-refractivity contribution in [3.05, 3.63) is 71.8 Å². The van der Waals surface area contributed by atoms with Crippen molar-refractivity contribution in [2.75, 3.05) is 80.7 Å². The number of nitrogens with one attached hydrogen (secondary N) is 4.